The first-order valence-corrected chi connectivity index (χ1v) is 8.99. The van der Waals surface area contributed by atoms with Gasteiger partial charge in [0.05, 0.1) is 12.8 Å². The minimum Gasteiger partial charge on any atom is -0.393 e. The molecule has 0 aromatic heterocycles. The quantitative estimate of drug-likeness (QED) is 0.799. The Kier molecular flexibility index (Phi) is 3.31. The van der Waals surface area contributed by atoms with Crippen molar-refractivity contribution < 1.29 is 14.3 Å². The van der Waals surface area contributed by atoms with Crippen LogP contribution < -0.4 is 0 Å². The van der Waals surface area contributed by atoms with E-state index in [2.05, 4.69) is 6.92 Å². The summed E-state index contributed by atoms with van der Waals surface area (Å²) in [5.74, 6) is 1.66. The van der Waals surface area contributed by atoms with E-state index >= 15 is 0 Å². The monoisotopic (exact) mass is 306 g/mol. The van der Waals surface area contributed by atoms with Gasteiger partial charge in [-0.05, 0) is 74.2 Å². The van der Waals surface area contributed by atoms with E-state index < -0.39 is 0 Å². The van der Waals surface area contributed by atoms with Gasteiger partial charge in [-0.25, -0.2) is 0 Å². The minimum absolute atomic E-state index is 0.0460. The molecule has 1 N–H and O–H groups in total. The summed E-state index contributed by atoms with van der Waals surface area (Å²) in [5, 5.41) is 10.4. The second-order valence-corrected chi connectivity index (χ2v) is 8.48. The molecule has 4 aliphatic rings. The van der Waals surface area contributed by atoms with Crippen LogP contribution in [0.25, 0.3) is 0 Å². The van der Waals surface area contributed by atoms with Crippen LogP contribution in [0, 0.1) is 28.6 Å². The first kappa shape index (κ1) is 14.9. The average Bonchev–Trinajstić information content (AvgIpc) is 2.82. The smallest absolute Gasteiger partial charge is 0.155 e. The van der Waals surface area contributed by atoms with Gasteiger partial charge in [0.2, 0.25) is 0 Å². The number of ketones is 1. The number of halogens is 1. The maximum Gasteiger partial charge on any atom is 0.155 e. The van der Waals surface area contributed by atoms with Crippen LogP contribution in [0.15, 0.2) is 11.6 Å². The Morgan fingerprint density at radius 2 is 2.00 bits per heavy atom. The number of rotatable bonds is 1. The number of aliphatic hydroxyl groups excluding tert-OH is 1. The van der Waals surface area contributed by atoms with E-state index in [9.17, 15) is 14.3 Å². The fourth-order valence-corrected chi connectivity index (χ4v) is 6.58. The Morgan fingerprint density at radius 1 is 1.18 bits per heavy atom. The van der Waals surface area contributed by atoms with Crippen LogP contribution in [-0.4, -0.2) is 23.7 Å². The second kappa shape index (κ2) is 4.90. The summed E-state index contributed by atoms with van der Waals surface area (Å²) in [6, 6.07) is 0. The zero-order valence-electron chi connectivity index (χ0n) is 13.5. The molecular formula is C19H27FO2. The third kappa shape index (κ3) is 1.78. The van der Waals surface area contributed by atoms with Crippen molar-refractivity contribution >= 4 is 5.78 Å². The number of alkyl halides is 1. The van der Waals surface area contributed by atoms with E-state index in [0.29, 0.717) is 30.6 Å². The van der Waals surface area contributed by atoms with Gasteiger partial charge in [0.15, 0.2) is 5.78 Å². The molecule has 0 aromatic carbocycles. The Labute approximate surface area is 132 Å². The van der Waals surface area contributed by atoms with Crippen LogP contribution in [0.5, 0.6) is 0 Å². The number of aliphatic hydroxyl groups is 1. The average molecular weight is 306 g/mol. The van der Waals surface area contributed by atoms with E-state index in [-0.39, 0.29) is 29.4 Å². The number of hydrogen-bond donors (Lipinski definition) is 1. The summed E-state index contributed by atoms with van der Waals surface area (Å²) in [5.41, 5.74) is 0.797. The number of fused-ring (bicyclic) bond motifs is 5. The molecule has 3 fully saturated rings. The van der Waals surface area contributed by atoms with Crippen molar-refractivity contribution in [1.82, 2.24) is 0 Å². The van der Waals surface area contributed by atoms with Gasteiger partial charge >= 0.3 is 0 Å². The number of carbonyl (C=O) groups is 1. The maximum atomic E-state index is 14.2. The lowest BCUT2D eigenvalue weighted by Crippen LogP contribution is -2.53. The van der Waals surface area contributed by atoms with Crippen LogP contribution in [0.2, 0.25) is 0 Å². The van der Waals surface area contributed by atoms with Crippen LogP contribution in [0.1, 0.15) is 58.3 Å². The zero-order valence-corrected chi connectivity index (χ0v) is 13.5. The Hall–Kier alpha value is -0.700. The third-order valence-electron chi connectivity index (χ3n) is 7.87. The van der Waals surface area contributed by atoms with Crippen molar-refractivity contribution in [3.8, 4) is 0 Å². The number of allylic oxidation sites excluding steroid dienone is 1. The maximum absolute atomic E-state index is 14.2. The SMILES string of the molecule is C[C@]12CCC3[C@@H](CCC4=CC(=O)CC[C@@]43CF)C1CCC2O. The predicted molar refractivity (Wildman–Crippen MR) is 83.0 cm³/mol. The summed E-state index contributed by atoms with van der Waals surface area (Å²) in [6.07, 6.45) is 8.84. The van der Waals surface area contributed by atoms with Crippen LogP contribution in [0.3, 0.4) is 0 Å². The van der Waals surface area contributed by atoms with E-state index in [0.717, 1.165) is 44.1 Å². The Balaban J connectivity index is 1.71. The highest BCUT2D eigenvalue weighted by atomic mass is 19.1. The first-order chi connectivity index (χ1) is 10.5. The van der Waals surface area contributed by atoms with Gasteiger partial charge in [-0.1, -0.05) is 12.5 Å². The standard InChI is InChI=1S/C19H27FO2/c1-18-8-7-16-14(15(18)4-5-17(18)22)3-2-12-10-13(21)6-9-19(12,16)11-20/h10,14-17,22H,2-9,11H2,1H3/t14-,15?,16?,17?,18-,19+/m0/s1. The van der Waals surface area contributed by atoms with Gasteiger partial charge in [0.1, 0.15) is 0 Å². The molecule has 3 heteroatoms. The molecule has 0 aliphatic heterocycles. The lowest BCUT2D eigenvalue weighted by Gasteiger charge is -2.57. The van der Waals surface area contributed by atoms with E-state index in [1.165, 1.54) is 0 Å². The topological polar surface area (TPSA) is 37.3 Å². The van der Waals surface area contributed by atoms with Crippen molar-refractivity contribution in [2.75, 3.05) is 6.67 Å². The highest BCUT2D eigenvalue weighted by Gasteiger charge is 2.60. The number of hydrogen-bond acceptors (Lipinski definition) is 2. The van der Waals surface area contributed by atoms with Crippen LogP contribution in [0.4, 0.5) is 4.39 Å². The van der Waals surface area contributed by atoms with Crippen LogP contribution >= 0.6 is 0 Å². The molecule has 2 nitrogen and oxygen atoms in total. The van der Waals surface area contributed by atoms with Crippen molar-refractivity contribution in [1.29, 1.82) is 0 Å². The lowest BCUT2D eigenvalue weighted by molar-refractivity contribution is -0.119. The normalized spacial score (nSPS) is 50.9. The van der Waals surface area contributed by atoms with Crippen molar-refractivity contribution in [3.05, 3.63) is 11.6 Å². The van der Waals surface area contributed by atoms with Gasteiger partial charge in [-0.3, -0.25) is 9.18 Å². The zero-order chi connectivity index (χ0) is 15.5. The fraction of sp³-hybridized carbons (Fsp3) is 0.842. The lowest BCUT2D eigenvalue weighted by atomic mass is 9.47. The third-order valence-corrected chi connectivity index (χ3v) is 7.87. The van der Waals surface area contributed by atoms with Crippen LogP contribution in [-0.2, 0) is 4.79 Å². The molecule has 0 spiro atoms. The summed E-state index contributed by atoms with van der Waals surface area (Å²) in [4.78, 5) is 11.8. The van der Waals surface area contributed by atoms with Crippen molar-refractivity contribution in [2.45, 2.75) is 64.4 Å². The minimum atomic E-state index is -0.355. The van der Waals surface area contributed by atoms with Crippen molar-refractivity contribution in [2.24, 2.45) is 28.6 Å². The summed E-state index contributed by atoms with van der Waals surface area (Å²) < 4.78 is 14.2. The van der Waals surface area contributed by atoms with Gasteiger partial charge in [0, 0.05) is 11.8 Å². The molecule has 0 bridgehead atoms. The van der Waals surface area contributed by atoms with E-state index in [1.54, 1.807) is 6.08 Å². The highest BCUT2D eigenvalue weighted by molar-refractivity contribution is 5.91. The summed E-state index contributed by atoms with van der Waals surface area (Å²) in [7, 11) is 0. The molecular weight excluding hydrogens is 279 g/mol. The Morgan fingerprint density at radius 3 is 2.77 bits per heavy atom. The molecule has 3 saturated carbocycles. The largest absolute Gasteiger partial charge is 0.393 e. The molecule has 6 atom stereocenters. The van der Waals surface area contributed by atoms with Crippen molar-refractivity contribution in [3.63, 3.8) is 0 Å². The van der Waals surface area contributed by atoms with Gasteiger partial charge < -0.3 is 5.11 Å². The van der Waals surface area contributed by atoms with Gasteiger partial charge in [-0.2, -0.15) is 0 Å². The van der Waals surface area contributed by atoms with Gasteiger partial charge in [-0.15, -0.1) is 0 Å². The Bertz CT molecular complexity index is 528. The van der Waals surface area contributed by atoms with E-state index in [1.807, 2.05) is 0 Å². The molecule has 0 amide bonds. The molecule has 0 heterocycles. The molecule has 4 rings (SSSR count). The summed E-state index contributed by atoms with van der Waals surface area (Å²) in [6.45, 7) is 1.95. The molecule has 0 saturated heterocycles. The second-order valence-electron chi connectivity index (χ2n) is 8.48. The predicted octanol–water partition coefficient (Wildman–Crippen LogP) is 3.83. The molecule has 22 heavy (non-hydrogen) atoms. The molecule has 4 aliphatic carbocycles. The van der Waals surface area contributed by atoms with E-state index in [4.69, 9.17) is 0 Å². The number of carbonyl (C=O) groups excluding carboxylic acids is 1. The fourth-order valence-electron chi connectivity index (χ4n) is 6.58. The molecule has 3 unspecified atom stereocenters. The highest BCUT2D eigenvalue weighted by Crippen LogP contribution is 2.65. The van der Waals surface area contributed by atoms with Gasteiger partial charge in [0.25, 0.3) is 0 Å². The molecule has 0 radical (unpaired) electrons. The summed E-state index contributed by atoms with van der Waals surface area (Å²) >= 11 is 0. The first-order valence-electron chi connectivity index (χ1n) is 8.99. The molecule has 122 valence electrons. The molecule has 0 aromatic rings.